The van der Waals surface area contributed by atoms with Gasteiger partial charge in [0.15, 0.2) is 0 Å². The first-order chi connectivity index (χ1) is 8.69. The number of hydrogen-bond acceptors (Lipinski definition) is 3. The predicted octanol–water partition coefficient (Wildman–Crippen LogP) is 4.25. The lowest BCUT2D eigenvalue weighted by Gasteiger charge is -1.96. The number of carbonyl (C=O) groups excluding carboxylic acids is 1. The summed E-state index contributed by atoms with van der Waals surface area (Å²) in [6, 6.07) is 7.51. The highest BCUT2D eigenvalue weighted by Gasteiger charge is 2.02. The summed E-state index contributed by atoms with van der Waals surface area (Å²) in [6.45, 7) is 4.27. The first kappa shape index (κ1) is 12.7. The fourth-order valence-corrected chi connectivity index (χ4v) is 2.42. The number of aromatic nitrogens is 1. The van der Waals surface area contributed by atoms with Crippen LogP contribution in [0.3, 0.4) is 0 Å². The SMILES string of the molecule is CC(C)c1csc(C=Cc2cccc(C=O)c2)n1. The molecule has 3 heteroatoms. The van der Waals surface area contributed by atoms with E-state index < -0.39 is 0 Å². The van der Waals surface area contributed by atoms with Gasteiger partial charge in [-0.05, 0) is 23.6 Å². The van der Waals surface area contributed by atoms with Crippen molar-refractivity contribution in [1.29, 1.82) is 0 Å². The Morgan fingerprint density at radius 2 is 2.00 bits per heavy atom. The van der Waals surface area contributed by atoms with Gasteiger partial charge in [-0.2, -0.15) is 0 Å². The lowest BCUT2D eigenvalue weighted by atomic mass is 10.1. The van der Waals surface area contributed by atoms with E-state index in [1.54, 1.807) is 17.4 Å². The van der Waals surface area contributed by atoms with Crippen LogP contribution >= 0.6 is 11.3 Å². The van der Waals surface area contributed by atoms with Crippen molar-refractivity contribution in [3.8, 4) is 0 Å². The lowest BCUT2D eigenvalue weighted by molar-refractivity contribution is 0.112. The number of nitrogens with zero attached hydrogens (tertiary/aromatic N) is 1. The Balaban J connectivity index is 2.16. The zero-order valence-electron chi connectivity index (χ0n) is 10.5. The standard InChI is InChI=1S/C15H15NOS/c1-11(2)14-10-18-15(16-14)7-6-12-4-3-5-13(8-12)9-17/h3-11H,1-2H3. The first-order valence-electron chi connectivity index (χ1n) is 5.88. The quantitative estimate of drug-likeness (QED) is 0.766. The molecule has 0 saturated heterocycles. The van der Waals surface area contributed by atoms with E-state index in [9.17, 15) is 4.79 Å². The molecule has 1 aromatic carbocycles. The minimum absolute atomic E-state index is 0.460. The third-order valence-electron chi connectivity index (χ3n) is 2.60. The Morgan fingerprint density at radius 1 is 1.22 bits per heavy atom. The fraction of sp³-hybridized carbons (Fsp3) is 0.200. The second-order valence-corrected chi connectivity index (χ2v) is 5.28. The molecule has 0 amide bonds. The number of aldehydes is 1. The van der Waals surface area contributed by atoms with Gasteiger partial charge in [0, 0.05) is 10.9 Å². The van der Waals surface area contributed by atoms with Crippen molar-refractivity contribution < 1.29 is 4.79 Å². The van der Waals surface area contributed by atoms with Crippen LogP contribution in [0.5, 0.6) is 0 Å². The highest BCUT2D eigenvalue weighted by atomic mass is 32.1. The van der Waals surface area contributed by atoms with E-state index >= 15 is 0 Å². The van der Waals surface area contributed by atoms with Crippen molar-refractivity contribution in [1.82, 2.24) is 4.98 Å². The fourth-order valence-electron chi connectivity index (χ4n) is 1.55. The maximum atomic E-state index is 10.7. The monoisotopic (exact) mass is 257 g/mol. The van der Waals surface area contributed by atoms with Gasteiger partial charge >= 0.3 is 0 Å². The van der Waals surface area contributed by atoms with Crippen LogP contribution in [0.1, 0.15) is 46.4 Å². The molecule has 2 nitrogen and oxygen atoms in total. The van der Waals surface area contributed by atoms with Crippen LogP contribution in [0.25, 0.3) is 12.2 Å². The van der Waals surface area contributed by atoms with Crippen LogP contribution in [0.2, 0.25) is 0 Å². The Morgan fingerprint density at radius 3 is 2.67 bits per heavy atom. The molecular formula is C15H15NOS. The van der Waals surface area contributed by atoms with Crippen LogP contribution in [-0.2, 0) is 0 Å². The van der Waals surface area contributed by atoms with Crippen molar-refractivity contribution in [3.05, 3.63) is 51.5 Å². The van der Waals surface area contributed by atoms with Crippen molar-refractivity contribution in [3.63, 3.8) is 0 Å². The molecule has 0 saturated carbocycles. The molecule has 0 bridgehead atoms. The van der Waals surface area contributed by atoms with Gasteiger partial charge in [0.2, 0.25) is 0 Å². The molecule has 1 aromatic heterocycles. The number of hydrogen-bond donors (Lipinski definition) is 0. The smallest absolute Gasteiger partial charge is 0.150 e. The van der Waals surface area contributed by atoms with Gasteiger partial charge in [-0.1, -0.05) is 38.1 Å². The van der Waals surface area contributed by atoms with Crippen molar-refractivity contribution in [2.45, 2.75) is 19.8 Å². The van der Waals surface area contributed by atoms with Crippen LogP contribution < -0.4 is 0 Å². The van der Waals surface area contributed by atoms with E-state index in [1.807, 2.05) is 30.4 Å². The summed E-state index contributed by atoms with van der Waals surface area (Å²) in [7, 11) is 0. The second kappa shape index (κ2) is 5.74. The minimum atomic E-state index is 0.460. The Hall–Kier alpha value is -1.74. The molecule has 0 atom stereocenters. The highest BCUT2D eigenvalue weighted by molar-refractivity contribution is 7.10. The van der Waals surface area contributed by atoms with E-state index in [1.165, 1.54) is 0 Å². The average Bonchev–Trinajstić information content (AvgIpc) is 2.85. The van der Waals surface area contributed by atoms with Crippen LogP contribution in [0.15, 0.2) is 29.6 Å². The third kappa shape index (κ3) is 3.14. The van der Waals surface area contributed by atoms with Crippen molar-refractivity contribution >= 4 is 29.8 Å². The summed E-state index contributed by atoms with van der Waals surface area (Å²) >= 11 is 1.64. The predicted molar refractivity (Wildman–Crippen MR) is 77.0 cm³/mol. The molecule has 0 unspecified atom stereocenters. The second-order valence-electron chi connectivity index (χ2n) is 4.39. The Kier molecular flexibility index (Phi) is 4.05. The molecule has 1 heterocycles. The normalized spacial score (nSPS) is 11.3. The minimum Gasteiger partial charge on any atom is -0.298 e. The number of thiazole rings is 1. The molecule has 2 aromatic rings. The van der Waals surface area contributed by atoms with Crippen molar-refractivity contribution in [2.24, 2.45) is 0 Å². The summed E-state index contributed by atoms with van der Waals surface area (Å²) < 4.78 is 0. The van der Waals surface area contributed by atoms with Gasteiger partial charge in [0.1, 0.15) is 11.3 Å². The molecule has 92 valence electrons. The molecule has 18 heavy (non-hydrogen) atoms. The molecule has 0 fully saturated rings. The molecule has 0 N–H and O–H groups in total. The largest absolute Gasteiger partial charge is 0.298 e. The highest BCUT2D eigenvalue weighted by Crippen LogP contribution is 2.19. The summed E-state index contributed by atoms with van der Waals surface area (Å²) in [5, 5.41) is 3.09. The molecular weight excluding hydrogens is 242 g/mol. The van der Waals surface area contributed by atoms with Gasteiger partial charge in [-0.3, -0.25) is 4.79 Å². The van der Waals surface area contributed by atoms with Crippen molar-refractivity contribution in [2.75, 3.05) is 0 Å². The Bertz CT molecular complexity index is 569. The molecule has 2 rings (SSSR count). The zero-order valence-corrected chi connectivity index (χ0v) is 11.3. The molecule has 0 radical (unpaired) electrons. The van der Waals surface area contributed by atoms with Gasteiger partial charge < -0.3 is 0 Å². The number of carbonyl (C=O) groups is 1. The Labute approximate surface area is 111 Å². The maximum Gasteiger partial charge on any atom is 0.150 e. The summed E-state index contributed by atoms with van der Waals surface area (Å²) in [6.07, 6.45) is 4.83. The summed E-state index contributed by atoms with van der Waals surface area (Å²) in [4.78, 5) is 15.2. The molecule has 0 aliphatic heterocycles. The maximum absolute atomic E-state index is 10.7. The summed E-state index contributed by atoms with van der Waals surface area (Å²) in [5.74, 6) is 0.460. The van der Waals surface area contributed by atoms with Gasteiger partial charge in [0.05, 0.1) is 5.69 Å². The summed E-state index contributed by atoms with van der Waals surface area (Å²) in [5.41, 5.74) is 2.83. The third-order valence-corrected chi connectivity index (χ3v) is 3.42. The lowest BCUT2D eigenvalue weighted by Crippen LogP contribution is -1.86. The average molecular weight is 257 g/mol. The molecule has 0 aliphatic carbocycles. The van der Waals surface area contributed by atoms with Gasteiger partial charge in [0.25, 0.3) is 0 Å². The van der Waals surface area contributed by atoms with E-state index in [0.717, 1.165) is 22.6 Å². The van der Waals surface area contributed by atoms with Crippen LogP contribution in [-0.4, -0.2) is 11.3 Å². The topological polar surface area (TPSA) is 30.0 Å². The van der Waals surface area contributed by atoms with Crippen LogP contribution in [0.4, 0.5) is 0 Å². The molecule has 0 aliphatic rings. The van der Waals surface area contributed by atoms with E-state index in [2.05, 4.69) is 24.2 Å². The van der Waals surface area contributed by atoms with Gasteiger partial charge in [-0.15, -0.1) is 11.3 Å². The van der Waals surface area contributed by atoms with E-state index in [4.69, 9.17) is 0 Å². The number of rotatable bonds is 4. The zero-order chi connectivity index (χ0) is 13.0. The van der Waals surface area contributed by atoms with E-state index in [-0.39, 0.29) is 0 Å². The van der Waals surface area contributed by atoms with Crippen LogP contribution in [0, 0.1) is 0 Å². The van der Waals surface area contributed by atoms with E-state index in [0.29, 0.717) is 11.5 Å². The van der Waals surface area contributed by atoms with Gasteiger partial charge in [-0.25, -0.2) is 4.98 Å². The molecule has 0 spiro atoms. The number of benzene rings is 1. The first-order valence-corrected chi connectivity index (χ1v) is 6.76.